The van der Waals surface area contributed by atoms with Gasteiger partial charge >= 0.3 is 12.1 Å². The van der Waals surface area contributed by atoms with Crippen LogP contribution in [0.5, 0.6) is 0 Å². The summed E-state index contributed by atoms with van der Waals surface area (Å²) in [4.78, 5) is 10.7. The van der Waals surface area contributed by atoms with Crippen molar-refractivity contribution in [2.45, 2.75) is 38.6 Å². The average molecular weight is 311 g/mol. The second kappa shape index (κ2) is 7.36. The second-order valence-corrected chi connectivity index (χ2v) is 4.35. The zero-order valence-corrected chi connectivity index (χ0v) is 11.3. The molecule has 0 radical (unpaired) electrons. The molecule has 120 valence electrons. The normalized spacial score (nSPS) is 13.4. The minimum absolute atomic E-state index is 0.167. The number of aromatic carboxylic acids is 1. The molecule has 1 aromatic rings. The molecule has 0 amide bonds. The van der Waals surface area contributed by atoms with Gasteiger partial charge in [0.05, 0.1) is 19.3 Å². The topological polar surface area (TPSA) is 97.5 Å². The number of carbonyl (C=O) groups is 1. The number of hydrogen-bond donors (Lipinski definition) is 2. The molecule has 1 rings (SSSR count). The lowest BCUT2D eigenvalue weighted by Gasteiger charge is -2.14. The van der Waals surface area contributed by atoms with Crippen LogP contribution in [0.4, 0.5) is 13.2 Å². The number of ether oxygens (including phenoxy) is 1. The summed E-state index contributed by atoms with van der Waals surface area (Å²) in [6, 6.07) is 0. The highest BCUT2D eigenvalue weighted by atomic mass is 19.4. The third-order valence-electron chi connectivity index (χ3n) is 2.54. The standard InChI is InChI=1S/C11H16F3N3O4/c1-2-3-4-21-6-7(18)5-17-9(11(12,13)14)8(10(19)20)15-16-17/h7,18H,2-6H2,1H3,(H,19,20). The molecular weight excluding hydrogens is 295 g/mol. The molecule has 1 aromatic heterocycles. The molecule has 0 saturated carbocycles. The molecule has 1 atom stereocenters. The highest BCUT2D eigenvalue weighted by molar-refractivity contribution is 5.86. The van der Waals surface area contributed by atoms with E-state index in [1.165, 1.54) is 0 Å². The summed E-state index contributed by atoms with van der Waals surface area (Å²) < 4.78 is 43.9. The molecular formula is C11H16F3N3O4. The van der Waals surface area contributed by atoms with Crippen molar-refractivity contribution in [3.63, 3.8) is 0 Å². The number of unbranched alkanes of at least 4 members (excludes halogenated alkanes) is 1. The number of rotatable bonds is 8. The Bertz CT molecular complexity index is 476. The number of carboxylic acids is 1. The van der Waals surface area contributed by atoms with Gasteiger partial charge in [-0.15, -0.1) is 5.10 Å². The molecule has 10 heteroatoms. The van der Waals surface area contributed by atoms with E-state index in [0.29, 0.717) is 11.3 Å². The summed E-state index contributed by atoms with van der Waals surface area (Å²) in [5.41, 5.74) is -2.69. The van der Waals surface area contributed by atoms with E-state index in [9.17, 15) is 23.1 Å². The molecule has 1 heterocycles. The van der Waals surface area contributed by atoms with Crippen LogP contribution in [0.1, 0.15) is 35.9 Å². The van der Waals surface area contributed by atoms with Gasteiger partial charge in [-0.25, -0.2) is 9.48 Å². The Hall–Kier alpha value is -1.68. The maximum absolute atomic E-state index is 12.8. The van der Waals surface area contributed by atoms with Crippen molar-refractivity contribution in [3.05, 3.63) is 11.4 Å². The summed E-state index contributed by atoms with van der Waals surface area (Å²) in [5.74, 6) is -1.83. The molecule has 21 heavy (non-hydrogen) atoms. The van der Waals surface area contributed by atoms with Crippen LogP contribution in [-0.2, 0) is 17.5 Å². The molecule has 0 bridgehead atoms. The van der Waals surface area contributed by atoms with Gasteiger partial charge < -0.3 is 14.9 Å². The predicted molar refractivity (Wildman–Crippen MR) is 63.7 cm³/mol. The van der Waals surface area contributed by atoms with Crippen LogP contribution in [0, 0.1) is 0 Å². The Morgan fingerprint density at radius 2 is 2.14 bits per heavy atom. The molecule has 1 unspecified atom stereocenters. The minimum atomic E-state index is -4.93. The largest absolute Gasteiger partial charge is 0.476 e. The highest BCUT2D eigenvalue weighted by Crippen LogP contribution is 2.31. The van der Waals surface area contributed by atoms with Gasteiger partial charge in [-0.2, -0.15) is 13.2 Å². The Morgan fingerprint density at radius 1 is 1.48 bits per heavy atom. The SMILES string of the molecule is CCCCOCC(O)Cn1nnc(C(=O)O)c1C(F)(F)F. The Kier molecular flexibility index (Phi) is 6.09. The predicted octanol–water partition coefficient (Wildman–Crippen LogP) is 1.17. The van der Waals surface area contributed by atoms with Gasteiger partial charge in [0.2, 0.25) is 5.69 Å². The number of aliphatic hydroxyl groups is 1. The lowest BCUT2D eigenvalue weighted by atomic mass is 10.3. The van der Waals surface area contributed by atoms with Gasteiger partial charge in [-0.1, -0.05) is 18.6 Å². The van der Waals surface area contributed by atoms with Gasteiger partial charge in [0, 0.05) is 6.61 Å². The van der Waals surface area contributed by atoms with Gasteiger partial charge in [0.25, 0.3) is 0 Å². The van der Waals surface area contributed by atoms with Gasteiger partial charge in [-0.05, 0) is 6.42 Å². The van der Waals surface area contributed by atoms with E-state index in [4.69, 9.17) is 9.84 Å². The maximum Gasteiger partial charge on any atom is 0.435 e. The van der Waals surface area contributed by atoms with Crippen LogP contribution >= 0.6 is 0 Å². The monoisotopic (exact) mass is 311 g/mol. The number of halogens is 3. The fourth-order valence-corrected chi connectivity index (χ4v) is 1.58. The third kappa shape index (κ3) is 4.97. The van der Waals surface area contributed by atoms with Crippen LogP contribution < -0.4 is 0 Å². The molecule has 0 fully saturated rings. The summed E-state index contributed by atoms with van der Waals surface area (Å²) in [6.07, 6.45) is -4.52. The highest BCUT2D eigenvalue weighted by Gasteiger charge is 2.41. The first kappa shape index (κ1) is 17.4. The van der Waals surface area contributed by atoms with E-state index >= 15 is 0 Å². The molecule has 2 N–H and O–H groups in total. The summed E-state index contributed by atoms with van der Waals surface area (Å²) in [5, 5.41) is 24.4. The van der Waals surface area contributed by atoms with Crippen molar-refractivity contribution in [2.75, 3.05) is 13.2 Å². The van der Waals surface area contributed by atoms with E-state index in [2.05, 4.69) is 10.3 Å². The minimum Gasteiger partial charge on any atom is -0.476 e. The maximum atomic E-state index is 12.8. The molecule has 0 saturated heterocycles. The van der Waals surface area contributed by atoms with Gasteiger partial charge in [0.1, 0.15) is 0 Å². The van der Waals surface area contributed by atoms with Crippen molar-refractivity contribution < 1.29 is 32.9 Å². The fourth-order valence-electron chi connectivity index (χ4n) is 1.58. The number of aliphatic hydroxyl groups excluding tert-OH is 1. The number of aromatic nitrogens is 3. The van der Waals surface area contributed by atoms with Crippen molar-refractivity contribution in [1.82, 2.24) is 15.0 Å². The first-order valence-electron chi connectivity index (χ1n) is 6.27. The van der Waals surface area contributed by atoms with E-state index in [1.54, 1.807) is 0 Å². The summed E-state index contributed by atoms with van der Waals surface area (Å²) in [7, 11) is 0. The molecule has 0 aliphatic rings. The number of carboxylic acid groups (broad SMARTS) is 1. The fraction of sp³-hybridized carbons (Fsp3) is 0.727. The van der Waals surface area contributed by atoms with Crippen LogP contribution in [0.25, 0.3) is 0 Å². The van der Waals surface area contributed by atoms with Crippen molar-refractivity contribution in [3.8, 4) is 0 Å². The smallest absolute Gasteiger partial charge is 0.435 e. The van der Waals surface area contributed by atoms with Crippen LogP contribution in [0.3, 0.4) is 0 Å². The van der Waals surface area contributed by atoms with Gasteiger partial charge in [-0.3, -0.25) is 0 Å². The number of hydrogen-bond acceptors (Lipinski definition) is 5. The van der Waals surface area contributed by atoms with Crippen LogP contribution in [-0.4, -0.2) is 50.5 Å². The molecule has 0 aliphatic heterocycles. The van der Waals surface area contributed by atoms with Crippen LogP contribution in [0.2, 0.25) is 0 Å². The van der Waals surface area contributed by atoms with Crippen molar-refractivity contribution in [2.24, 2.45) is 0 Å². The lowest BCUT2D eigenvalue weighted by Crippen LogP contribution is -2.27. The Balaban J connectivity index is 2.77. The van der Waals surface area contributed by atoms with Crippen LogP contribution in [0.15, 0.2) is 0 Å². The van der Waals surface area contributed by atoms with Crippen molar-refractivity contribution in [1.29, 1.82) is 0 Å². The molecule has 0 aliphatic carbocycles. The second-order valence-electron chi connectivity index (χ2n) is 4.35. The Labute approximate surface area is 118 Å². The average Bonchev–Trinajstić information content (AvgIpc) is 2.78. The van der Waals surface area contributed by atoms with E-state index < -0.39 is 36.2 Å². The third-order valence-corrected chi connectivity index (χ3v) is 2.54. The number of alkyl halides is 3. The first-order chi connectivity index (χ1) is 9.77. The van der Waals surface area contributed by atoms with E-state index in [1.807, 2.05) is 6.92 Å². The molecule has 0 spiro atoms. The Morgan fingerprint density at radius 3 is 2.67 bits per heavy atom. The van der Waals surface area contributed by atoms with E-state index in [-0.39, 0.29) is 6.61 Å². The molecule has 7 nitrogen and oxygen atoms in total. The van der Waals surface area contributed by atoms with Crippen molar-refractivity contribution >= 4 is 5.97 Å². The summed E-state index contributed by atoms with van der Waals surface area (Å²) in [6.45, 7) is 1.61. The number of nitrogens with zero attached hydrogens (tertiary/aromatic N) is 3. The zero-order valence-electron chi connectivity index (χ0n) is 11.3. The zero-order chi connectivity index (χ0) is 16.0. The summed E-state index contributed by atoms with van der Waals surface area (Å²) >= 11 is 0. The van der Waals surface area contributed by atoms with E-state index in [0.717, 1.165) is 12.8 Å². The lowest BCUT2D eigenvalue weighted by molar-refractivity contribution is -0.145. The molecule has 0 aromatic carbocycles. The first-order valence-corrected chi connectivity index (χ1v) is 6.27. The van der Waals surface area contributed by atoms with Gasteiger partial charge in [0.15, 0.2) is 5.69 Å². The quantitative estimate of drug-likeness (QED) is 0.700.